The Bertz CT molecular complexity index is 1520. The molecular weight excluding hydrogens is 630 g/mol. The van der Waals surface area contributed by atoms with Gasteiger partial charge in [0, 0.05) is 24.2 Å². The highest BCUT2D eigenvalue weighted by Crippen LogP contribution is 2.33. The molecule has 6 nitrogen and oxygen atoms in total. The highest BCUT2D eigenvalue weighted by Gasteiger charge is 2.35. The van der Waals surface area contributed by atoms with Crippen LogP contribution in [0.2, 0.25) is 0 Å². The van der Waals surface area contributed by atoms with Gasteiger partial charge in [-0.25, -0.2) is 4.79 Å². The van der Waals surface area contributed by atoms with Gasteiger partial charge in [0.1, 0.15) is 11.4 Å². The van der Waals surface area contributed by atoms with Gasteiger partial charge in [-0.15, -0.1) is 0 Å². The number of fused-ring (bicyclic) bond motifs is 1. The van der Waals surface area contributed by atoms with Gasteiger partial charge in [-0.1, -0.05) is 88.7 Å². The minimum Gasteiger partial charge on any atom is -0.494 e. The van der Waals surface area contributed by atoms with Crippen molar-refractivity contribution >= 4 is 32.8 Å². The number of alkyl halides is 1. The van der Waals surface area contributed by atoms with Gasteiger partial charge in [0.15, 0.2) is 0 Å². The molecule has 0 spiro atoms. The number of hydrogen-bond acceptors (Lipinski definition) is 5. The molecule has 7 heteroatoms. The summed E-state index contributed by atoms with van der Waals surface area (Å²) in [4.78, 5) is 14.8. The number of carbonyl (C=O) groups excluding carboxylic acids is 1. The van der Waals surface area contributed by atoms with Crippen LogP contribution < -0.4 is 4.74 Å². The molecule has 2 atom stereocenters. The third-order valence-corrected chi connectivity index (χ3v) is 8.58. The second-order valence-corrected chi connectivity index (χ2v) is 13.1. The molecule has 4 aromatic carbocycles. The topological polar surface area (TPSA) is 57.2 Å². The van der Waals surface area contributed by atoms with Crippen LogP contribution in [0.15, 0.2) is 91.0 Å². The molecule has 0 N–H and O–H groups in total. The molecule has 1 aliphatic rings. The van der Waals surface area contributed by atoms with Crippen molar-refractivity contribution in [3.63, 3.8) is 0 Å². The number of piperidine rings is 1. The molecule has 4 aromatic rings. The van der Waals surface area contributed by atoms with Crippen molar-refractivity contribution < 1.29 is 23.7 Å². The Labute approximate surface area is 275 Å². The van der Waals surface area contributed by atoms with E-state index in [-0.39, 0.29) is 18.1 Å². The Morgan fingerprint density at radius 2 is 1.69 bits per heavy atom. The molecule has 238 valence electrons. The van der Waals surface area contributed by atoms with Crippen LogP contribution >= 0.6 is 15.9 Å². The monoisotopic (exact) mass is 673 g/mol. The smallest absolute Gasteiger partial charge is 0.410 e. The zero-order chi connectivity index (χ0) is 31.6. The molecule has 1 heterocycles. The summed E-state index contributed by atoms with van der Waals surface area (Å²) >= 11 is 3.62. The van der Waals surface area contributed by atoms with Gasteiger partial charge >= 0.3 is 6.09 Å². The van der Waals surface area contributed by atoms with E-state index >= 15 is 0 Å². The highest BCUT2D eigenvalue weighted by molar-refractivity contribution is 9.08. The normalized spacial score (nSPS) is 16.9. The van der Waals surface area contributed by atoms with Gasteiger partial charge in [0.05, 0.1) is 39.1 Å². The zero-order valence-corrected chi connectivity index (χ0v) is 28.1. The van der Waals surface area contributed by atoms with E-state index in [4.69, 9.17) is 18.9 Å². The van der Waals surface area contributed by atoms with Crippen molar-refractivity contribution in [2.75, 3.05) is 26.3 Å². The van der Waals surface area contributed by atoms with E-state index in [1.54, 1.807) is 4.90 Å². The maximum absolute atomic E-state index is 13.0. The molecule has 0 saturated carbocycles. The lowest BCUT2D eigenvalue weighted by Gasteiger charge is -2.39. The zero-order valence-electron chi connectivity index (χ0n) is 26.5. The number of amides is 1. The fraction of sp³-hybridized carbons (Fsp3) is 0.395. The Hall–Kier alpha value is -3.39. The van der Waals surface area contributed by atoms with E-state index in [1.807, 2.05) is 51.1 Å². The van der Waals surface area contributed by atoms with Gasteiger partial charge in [-0.2, -0.15) is 0 Å². The van der Waals surface area contributed by atoms with Crippen molar-refractivity contribution in [2.24, 2.45) is 0 Å². The molecule has 0 aliphatic carbocycles. The van der Waals surface area contributed by atoms with Crippen LogP contribution in [0, 0.1) is 0 Å². The van der Waals surface area contributed by atoms with Crippen LogP contribution in [0.4, 0.5) is 4.79 Å². The summed E-state index contributed by atoms with van der Waals surface area (Å²) in [6.07, 6.45) is 1.13. The number of carbonyl (C=O) groups is 1. The van der Waals surface area contributed by atoms with Gasteiger partial charge < -0.3 is 23.8 Å². The quantitative estimate of drug-likeness (QED) is 0.111. The van der Waals surface area contributed by atoms with Crippen molar-refractivity contribution in [3.8, 4) is 5.75 Å². The van der Waals surface area contributed by atoms with Crippen LogP contribution in [-0.4, -0.2) is 49.0 Å². The number of nitrogens with zero attached hydrogens (tertiary/aromatic N) is 1. The fourth-order valence-electron chi connectivity index (χ4n) is 5.68. The number of likely N-dealkylation sites (tertiary alicyclic amines) is 1. The molecule has 0 aromatic heterocycles. The minimum absolute atomic E-state index is 0.141. The molecule has 0 radical (unpaired) electrons. The summed E-state index contributed by atoms with van der Waals surface area (Å²) in [5.74, 6) is 0.979. The minimum atomic E-state index is -0.549. The van der Waals surface area contributed by atoms with Crippen molar-refractivity contribution in [1.82, 2.24) is 4.90 Å². The maximum Gasteiger partial charge on any atom is 0.410 e. The summed E-state index contributed by atoms with van der Waals surface area (Å²) in [7, 11) is 0. The van der Waals surface area contributed by atoms with E-state index in [0.29, 0.717) is 39.5 Å². The molecule has 2 unspecified atom stereocenters. The molecule has 45 heavy (non-hydrogen) atoms. The van der Waals surface area contributed by atoms with Gasteiger partial charge in [-0.3, -0.25) is 0 Å². The largest absolute Gasteiger partial charge is 0.494 e. The average Bonchev–Trinajstić information content (AvgIpc) is 3.05. The highest BCUT2D eigenvalue weighted by atomic mass is 79.9. The number of rotatable bonds is 12. The first-order valence-corrected chi connectivity index (χ1v) is 16.9. The van der Waals surface area contributed by atoms with Crippen molar-refractivity contribution in [1.29, 1.82) is 0 Å². The van der Waals surface area contributed by atoms with Gasteiger partial charge in [-0.05, 0) is 78.4 Å². The summed E-state index contributed by atoms with van der Waals surface area (Å²) < 4.78 is 24.1. The molecule has 5 rings (SSSR count). The first kappa shape index (κ1) is 33.0. The predicted molar refractivity (Wildman–Crippen MR) is 183 cm³/mol. The van der Waals surface area contributed by atoms with E-state index in [0.717, 1.165) is 29.5 Å². The Kier molecular flexibility index (Phi) is 11.5. The second-order valence-electron chi connectivity index (χ2n) is 12.6. The molecule has 1 amide bonds. The number of hydrogen-bond donors (Lipinski definition) is 0. The van der Waals surface area contributed by atoms with Crippen LogP contribution in [0.3, 0.4) is 0 Å². The van der Waals surface area contributed by atoms with Crippen LogP contribution in [0.25, 0.3) is 10.8 Å². The van der Waals surface area contributed by atoms with E-state index in [1.165, 1.54) is 27.5 Å². The van der Waals surface area contributed by atoms with Crippen LogP contribution in [0.1, 0.15) is 61.8 Å². The Morgan fingerprint density at radius 1 is 0.889 bits per heavy atom. The lowest BCUT2D eigenvalue weighted by Crippen LogP contribution is -2.48. The summed E-state index contributed by atoms with van der Waals surface area (Å²) in [5.41, 5.74) is 4.17. The number of benzene rings is 4. The lowest BCUT2D eigenvalue weighted by molar-refractivity contribution is -0.0359. The first-order chi connectivity index (χ1) is 21.8. The molecular formula is C38H44BrNO5. The SMILES string of the molecule is CC(C)(C)OC(=O)N1CCC(c2ccc(OCCCOCc3ccccc3)cc2)C(OCc2ccc3cccc(CBr)c3c2)C1. The van der Waals surface area contributed by atoms with E-state index in [2.05, 4.69) is 76.6 Å². The van der Waals surface area contributed by atoms with Gasteiger partial charge in [0.2, 0.25) is 0 Å². The van der Waals surface area contributed by atoms with Gasteiger partial charge in [0.25, 0.3) is 0 Å². The van der Waals surface area contributed by atoms with Crippen LogP contribution in [-0.2, 0) is 32.8 Å². The standard InChI is InChI=1S/C38H44BrNO5/c1-38(2,3)45-37(41)40-20-19-34(36(25-40)44-27-29-13-14-30-11-7-12-32(24-39)35(30)23-29)31-15-17-33(18-16-31)43-22-8-21-42-26-28-9-5-4-6-10-28/h4-7,9-18,23,34,36H,8,19-22,24-27H2,1-3H3. The van der Waals surface area contributed by atoms with Crippen molar-refractivity contribution in [2.45, 2.75) is 69.8 Å². The predicted octanol–water partition coefficient (Wildman–Crippen LogP) is 9.03. The molecule has 1 aliphatic heterocycles. The van der Waals surface area contributed by atoms with E-state index < -0.39 is 5.60 Å². The third-order valence-electron chi connectivity index (χ3n) is 7.98. The average molecular weight is 675 g/mol. The first-order valence-electron chi connectivity index (χ1n) is 15.8. The Balaban J connectivity index is 1.21. The lowest BCUT2D eigenvalue weighted by atomic mass is 9.87. The molecule has 1 fully saturated rings. The third kappa shape index (κ3) is 9.55. The fourth-order valence-corrected chi connectivity index (χ4v) is 6.17. The van der Waals surface area contributed by atoms with Crippen molar-refractivity contribution in [3.05, 3.63) is 113 Å². The summed E-state index contributed by atoms with van der Waals surface area (Å²) in [6.45, 7) is 9.10. The summed E-state index contributed by atoms with van der Waals surface area (Å²) in [6, 6.07) is 31.4. The van der Waals surface area contributed by atoms with E-state index in [9.17, 15) is 4.79 Å². The Morgan fingerprint density at radius 3 is 2.44 bits per heavy atom. The second kappa shape index (κ2) is 15.7. The molecule has 1 saturated heterocycles. The molecule has 0 bridgehead atoms. The van der Waals surface area contributed by atoms with Crippen LogP contribution in [0.5, 0.6) is 5.75 Å². The maximum atomic E-state index is 13.0. The number of halogens is 1. The number of ether oxygens (including phenoxy) is 4. The summed E-state index contributed by atoms with van der Waals surface area (Å²) in [5, 5.41) is 3.24.